The standard InChI is InChI=1S/C15H24N2O2/c1-18-14-6-2-3-7-15(14)19-10-9-17-8-4-5-13(11-16)12-17/h2-3,6-7,13H,4-5,8-12,16H2,1H3. The average Bonchev–Trinajstić information content (AvgIpc) is 2.48. The predicted molar refractivity (Wildman–Crippen MR) is 76.7 cm³/mol. The number of rotatable bonds is 6. The second-order valence-electron chi connectivity index (χ2n) is 5.04. The molecule has 0 amide bonds. The van der Waals surface area contributed by atoms with Gasteiger partial charge in [-0.05, 0) is 44.0 Å². The van der Waals surface area contributed by atoms with E-state index in [4.69, 9.17) is 15.2 Å². The van der Waals surface area contributed by atoms with Gasteiger partial charge in [-0.2, -0.15) is 0 Å². The molecule has 4 heteroatoms. The number of hydrogen-bond donors (Lipinski definition) is 1. The topological polar surface area (TPSA) is 47.7 Å². The van der Waals surface area contributed by atoms with Gasteiger partial charge >= 0.3 is 0 Å². The molecule has 19 heavy (non-hydrogen) atoms. The monoisotopic (exact) mass is 264 g/mol. The minimum absolute atomic E-state index is 0.653. The number of para-hydroxylation sites is 2. The van der Waals surface area contributed by atoms with Gasteiger partial charge in [0.25, 0.3) is 0 Å². The highest BCUT2D eigenvalue weighted by molar-refractivity contribution is 5.39. The molecule has 1 atom stereocenters. The van der Waals surface area contributed by atoms with Crippen LogP contribution in [0.4, 0.5) is 0 Å². The van der Waals surface area contributed by atoms with Crippen LogP contribution in [0.2, 0.25) is 0 Å². The maximum absolute atomic E-state index is 5.80. The summed E-state index contributed by atoms with van der Waals surface area (Å²) in [6.07, 6.45) is 2.51. The molecule has 1 unspecified atom stereocenters. The Balaban J connectivity index is 1.77. The number of ether oxygens (including phenoxy) is 2. The van der Waals surface area contributed by atoms with E-state index >= 15 is 0 Å². The SMILES string of the molecule is COc1ccccc1OCCN1CCCC(CN)C1. The van der Waals surface area contributed by atoms with Crippen molar-refractivity contribution in [2.75, 3.05) is 39.9 Å². The Hall–Kier alpha value is -1.26. The number of hydrogen-bond acceptors (Lipinski definition) is 4. The molecular formula is C15H24N2O2. The van der Waals surface area contributed by atoms with Gasteiger partial charge in [0, 0.05) is 13.1 Å². The van der Waals surface area contributed by atoms with Gasteiger partial charge in [-0.3, -0.25) is 4.90 Å². The van der Waals surface area contributed by atoms with Crippen molar-refractivity contribution < 1.29 is 9.47 Å². The van der Waals surface area contributed by atoms with Crippen LogP contribution in [-0.2, 0) is 0 Å². The predicted octanol–water partition coefficient (Wildman–Crippen LogP) is 1.74. The Morgan fingerprint density at radius 3 is 2.84 bits per heavy atom. The van der Waals surface area contributed by atoms with Crippen molar-refractivity contribution in [1.29, 1.82) is 0 Å². The van der Waals surface area contributed by atoms with Crippen molar-refractivity contribution in [2.45, 2.75) is 12.8 Å². The molecule has 1 aliphatic rings. The van der Waals surface area contributed by atoms with E-state index in [1.807, 2.05) is 24.3 Å². The summed E-state index contributed by atoms with van der Waals surface area (Å²) in [6, 6.07) is 7.77. The largest absolute Gasteiger partial charge is 0.493 e. The number of methoxy groups -OCH3 is 1. The highest BCUT2D eigenvalue weighted by atomic mass is 16.5. The Labute approximate surface area is 115 Å². The quantitative estimate of drug-likeness (QED) is 0.850. The van der Waals surface area contributed by atoms with Gasteiger partial charge in [0.2, 0.25) is 0 Å². The summed E-state index contributed by atoms with van der Waals surface area (Å²) in [5.74, 6) is 2.26. The third-order valence-corrected chi connectivity index (χ3v) is 3.67. The van der Waals surface area contributed by atoms with E-state index in [9.17, 15) is 0 Å². The smallest absolute Gasteiger partial charge is 0.161 e. The molecular weight excluding hydrogens is 240 g/mol. The Kier molecular flexibility index (Phi) is 5.48. The third kappa shape index (κ3) is 4.11. The van der Waals surface area contributed by atoms with E-state index in [0.29, 0.717) is 12.5 Å². The third-order valence-electron chi connectivity index (χ3n) is 3.67. The molecule has 0 saturated carbocycles. The first-order valence-corrected chi connectivity index (χ1v) is 7.01. The van der Waals surface area contributed by atoms with Crippen LogP contribution in [0.15, 0.2) is 24.3 Å². The summed E-state index contributed by atoms with van der Waals surface area (Å²) in [6.45, 7) is 4.70. The van der Waals surface area contributed by atoms with E-state index in [-0.39, 0.29) is 0 Å². The van der Waals surface area contributed by atoms with Crippen molar-refractivity contribution >= 4 is 0 Å². The minimum atomic E-state index is 0.653. The summed E-state index contributed by atoms with van der Waals surface area (Å²) in [7, 11) is 1.67. The molecule has 0 aromatic heterocycles. The zero-order chi connectivity index (χ0) is 13.5. The molecule has 0 bridgehead atoms. The molecule has 1 aromatic carbocycles. The second-order valence-corrected chi connectivity index (χ2v) is 5.04. The van der Waals surface area contributed by atoms with Gasteiger partial charge in [0.05, 0.1) is 7.11 Å². The molecule has 1 aromatic rings. The van der Waals surface area contributed by atoms with Gasteiger partial charge < -0.3 is 15.2 Å². The lowest BCUT2D eigenvalue weighted by Gasteiger charge is -2.31. The number of nitrogens with two attached hydrogens (primary N) is 1. The molecule has 2 N–H and O–H groups in total. The first-order valence-electron chi connectivity index (χ1n) is 7.01. The number of likely N-dealkylation sites (tertiary alicyclic amines) is 1. The summed E-state index contributed by atoms with van der Waals surface area (Å²) in [5, 5.41) is 0. The normalized spacial score (nSPS) is 20.2. The van der Waals surface area contributed by atoms with Crippen LogP contribution in [0, 0.1) is 5.92 Å². The summed E-state index contributed by atoms with van der Waals surface area (Å²) < 4.78 is 11.1. The van der Waals surface area contributed by atoms with Crippen molar-refractivity contribution in [3.63, 3.8) is 0 Å². The zero-order valence-corrected chi connectivity index (χ0v) is 11.7. The molecule has 4 nitrogen and oxygen atoms in total. The van der Waals surface area contributed by atoms with E-state index in [0.717, 1.165) is 37.7 Å². The van der Waals surface area contributed by atoms with Crippen LogP contribution in [0.25, 0.3) is 0 Å². The molecule has 0 radical (unpaired) electrons. The van der Waals surface area contributed by atoms with Gasteiger partial charge in [0.15, 0.2) is 11.5 Å². The van der Waals surface area contributed by atoms with Crippen molar-refractivity contribution in [3.05, 3.63) is 24.3 Å². The van der Waals surface area contributed by atoms with Crippen LogP contribution in [-0.4, -0.2) is 44.8 Å². The fraction of sp³-hybridized carbons (Fsp3) is 0.600. The van der Waals surface area contributed by atoms with Crippen molar-refractivity contribution in [2.24, 2.45) is 11.7 Å². The summed E-state index contributed by atoms with van der Waals surface area (Å²) in [5.41, 5.74) is 5.75. The maximum Gasteiger partial charge on any atom is 0.161 e. The van der Waals surface area contributed by atoms with E-state index in [1.54, 1.807) is 7.11 Å². The van der Waals surface area contributed by atoms with E-state index in [2.05, 4.69) is 4.90 Å². The molecule has 1 aliphatic heterocycles. The molecule has 106 valence electrons. The fourth-order valence-corrected chi connectivity index (χ4v) is 2.57. The van der Waals surface area contributed by atoms with Crippen molar-refractivity contribution in [1.82, 2.24) is 4.90 Å². The minimum Gasteiger partial charge on any atom is -0.493 e. The maximum atomic E-state index is 5.80. The van der Waals surface area contributed by atoms with Crippen molar-refractivity contribution in [3.8, 4) is 11.5 Å². The first kappa shape index (κ1) is 14.2. The Bertz CT molecular complexity index is 384. The van der Waals surface area contributed by atoms with Gasteiger partial charge in [-0.1, -0.05) is 12.1 Å². The van der Waals surface area contributed by atoms with Crippen LogP contribution in [0.1, 0.15) is 12.8 Å². The van der Waals surface area contributed by atoms with Crippen LogP contribution >= 0.6 is 0 Å². The molecule has 0 aliphatic carbocycles. The molecule has 2 rings (SSSR count). The average molecular weight is 264 g/mol. The van der Waals surface area contributed by atoms with Gasteiger partial charge in [-0.15, -0.1) is 0 Å². The van der Waals surface area contributed by atoms with Crippen LogP contribution < -0.4 is 15.2 Å². The second kappa shape index (κ2) is 7.36. The highest BCUT2D eigenvalue weighted by Gasteiger charge is 2.18. The number of piperidine rings is 1. The fourth-order valence-electron chi connectivity index (χ4n) is 2.57. The number of nitrogens with zero attached hydrogens (tertiary/aromatic N) is 1. The lowest BCUT2D eigenvalue weighted by Crippen LogP contribution is -2.40. The lowest BCUT2D eigenvalue weighted by molar-refractivity contribution is 0.148. The molecule has 1 heterocycles. The highest BCUT2D eigenvalue weighted by Crippen LogP contribution is 2.25. The molecule has 1 fully saturated rings. The van der Waals surface area contributed by atoms with Gasteiger partial charge in [0.1, 0.15) is 6.61 Å². The molecule has 1 saturated heterocycles. The van der Waals surface area contributed by atoms with E-state index < -0.39 is 0 Å². The van der Waals surface area contributed by atoms with E-state index in [1.165, 1.54) is 12.8 Å². The van der Waals surface area contributed by atoms with Gasteiger partial charge in [-0.25, -0.2) is 0 Å². The first-order chi connectivity index (χ1) is 9.33. The summed E-state index contributed by atoms with van der Waals surface area (Å²) >= 11 is 0. The summed E-state index contributed by atoms with van der Waals surface area (Å²) in [4.78, 5) is 2.44. The zero-order valence-electron chi connectivity index (χ0n) is 11.7. The number of benzene rings is 1. The van der Waals surface area contributed by atoms with Crippen LogP contribution in [0.5, 0.6) is 11.5 Å². The lowest BCUT2D eigenvalue weighted by atomic mass is 9.98. The Morgan fingerprint density at radius 1 is 1.32 bits per heavy atom. The Morgan fingerprint density at radius 2 is 2.11 bits per heavy atom. The molecule has 0 spiro atoms. The van der Waals surface area contributed by atoms with Crippen LogP contribution in [0.3, 0.4) is 0 Å².